The van der Waals surface area contributed by atoms with Gasteiger partial charge in [0.05, 0.1) is 10.6 Å². The molecule has 0 atom stereocenters. The molecule has 0 bridgehead atoms. The van der Waals surface area contributed by atoms with Crippen molar-refractivity contribution >= 4 is 15.6 Å². The smallest absolute Gasteiger partial charge is 0.178 e. The largest absolute Gasteiger partial charge is 0.299 e. The molecule has 3 nitrogen and oxygen atoms in total. The summed E-state index contributed by atoms with van der Waals surface area (Å²) in [6.45, 7) is 5.68. The monoisotopic (exact) mass is 296 g/mol. The van der Waals surface area contributed by atoms with Gasteiger partial charge in [-0.2, -0.15) is 0 Å². The molecule has 20 heavy (non-hydrogen) atoms. The number of aryl methyl sites for hydroxylation is 1. The second-order valence-electron chi connectivity index (χ2n) is 5.44. The highest BCUT2D eigenvalue weighted by Crippen LogP contribution is 2.15. The number of carbonyl (C=O) groups is 1. The Morgan fingerprint density at radius 2 is 1.75 bits per heavy atom. The van der Waals surface area contributed by atoms with Crippen LogP contribution in [0.1, 0.15) is 45.6 Å². The molecule has 1 aromatic carbocycles. The van der Waals surface area contributed by atoms with Crippen molar-refractivity contribution in [3.8, 4) is 0 Å². The number of hydrogen-bond donors (Lipinski definition) is 0. The summed E-state index contributed by atoms with van der Waals surface area (Å²) in [5, 5.41) is 0. The molecule has 112 valence electrons. The van der Waals surface area contributed by atoms with E-state index in [1.165, 1.54) is 0 Å². The van der Waals surface area contributed by atoms with Gasteiger partial charge in [-0.3, -0.25) is 4.79 Å². The van der Waals surface area contributed by atoms with E-state index in [2.05, 4.69) is 0 Å². The topological polar surface area (TPSA) is 51.2 Å². The molecule has 0 spiro atoms. The lowest BCUT2D eigenvalue weighted by Crippen LogP contribution is -2.07. The van der Waals surface area contributed by atoms with Crippen LogP contribution in [0.25, 0.3) is 0 Å². The molecule has 0 aliphatic carbocycles. The van der Waals surface area contributed by atoms with Gasteiger partial charge in [0.25, 0.3) is 0 Å². The van der Waals surface area contributed by atoms with Crippen LogP contribution in [0.3, 0.4) is 0 Å². The average Bonchev–Trinajstić information content (AvgIpc) is 2.39. The first-order valence-corrected chi connectivity index (χ1v) is 8.86. The Kier molecular flexibility index (Phi) is 6.40. The molecule has 0 amide bonds. The van der Waals surface area contributed by atoms with Crippen molar-refractivity contribution in [2.45, 2.75) is 51.3 Å². The van der Waals surface area contributed by atoms with E-state index >= 15 is 0 Å². The van der Waals surface area contributed by atoms with E-state index in [1.54, 1.807) is 12.1 Å². The number of hydrogen-bond acceptors (Lipinski definition) is 3. The predicted octanol–water partition coefficient (Wildman–Crippen LogP) is 3.42. The minimum absolute atomic E-state index is 0.0940. The highest BCUT2D eigenvalue weighted by Gasteiger charge is 2.12. The quantitative estimate of drug-likeness (QED) is 0.738. The normalized spacial score (nSPS) is 11.8. The zero-order chi connectivity index (χ0) is 15.2. The fraction of sp³-hybridized carbons (Fsp3) is 0.562. The average molecular weight is 296 g/mol. The summed E-state index contributed by atoms with van der Waals surface area (Å²) < 4.78 is 23.8. The molecule has 0 fully saturated rings. The molecule has 1 rings (SSSR count). The van der Waals surface area contributed by atoms with Gasteiger partial charge in [0.1, 0.15) is 5.78 Å². The zero-order valence-corrected chi connectivity index (χ0v) is 13.4. The third kappa shape index (κ3) is 5.08. The Hall–Kier alpha value is -1.16. The second-order valence-corrected chi connectivity index (χ2v) is 7.55. The number of benzene rings is 1. The SMILES string of the molecule is CCCS(=O)(=O)c1ccc(CCCC(=O)C(C)C)cc1. The maximum absolute atomic E-state index is 11.9. The van der Waals surface area contributed by atoms with E-state index in [0.29, 0.717) is 17.7 Å². The van der Waals surface area contributed by atoms with Crippen LogP contribution in [0.2, 0.25) is 0 Å². The third-order valence-electron chi connectivity index (χ3n) is 3.29. The first-order chi connectivity index (χ1) is 9.36. The molecule has 0 saturated heterocycles. The third-order valence-corrected chi connectivity index (χ3v) is 5.22. The molecule has 0 aliphatic rings. The van der Waals surface area contributed by atoms with Crippen molar-refractivity contribution in [2.24, 2.45) is 5.92 Å². The Morgan fingerprint density at radius 3 is 2.25 bits per heavy atom. The van der Waals surface area contributed by atoms with Gasteiger partial charge in [-0.1, -0.05) is 32.9 Å². The fourth-order valence-electron chi connectivity index (χ4n) is 2.01. The van der Waals surface area contributed by atoms with Crippen molar-refractivity contribution < 1.29 is 13.2 Å². The van der Waals surface area contributed by atoms with Gasteiger partial charge in [0.2, 0.25) is 0 Å². The lowest BCUT2D eigenvalue weighted by molar-refractivity contribution is -0.121. The fourth-order valence-corrected chi connectivity index (χ4v) is 3.33. The summed E-state index contributed by atoms with van der Waals surface area (Å²) in [5.74, 6) is 0.568. The Bertz CT molecular complexity index is 527. The first kappa shape index (κ1) is 16.9. The number of carbonyl (C=O) groups excluding carboxylic acids is 1. The molecular weight excluding hydrogens is 272 g/mol. The van der Waals surface area contributed by atoms with Crippen LogP contribution in [0.15, 0.2) is 29.2 Å². The summed E-state index contributed by atoms with van der Waals surface area (Å²) in [5.41, 5.74) is 1.08. The van der Waals surface area contributed by atoms with Crippen LogP contribution in [0.5, 0.6) is 0 Å². The minimum Gasteiger partial charge on any atom is -0.299 e. The number of ketones is 1. The van der Waals surface area contributed by atoms with E-state index < -0.39 is 9.84 Å². The molecule has 0 aromatic heterocycles. The van der Waals surface area contributed by atoms with Crippen molar-refractivity contribution in [3.05, 3.63) is 29.8 Å². The molecule has 1 aromatic rings. The number of rotatable bonds is 8. The van der Waals surface area contributed by atoms with Gasteiger partial charge in [0, 0.05) is 12.3 Å². The highest BCUT2D eigenvalue weighted by molar-refractivity contribution is 7.91. The van der Waals surface area contributed by atoms with Crippen LogP contribution < -0.4 is 0 Å². The maximum atomic E-state index is 11.9. The molecule has 0 unspecified atom stereocenters. The zero-order valence-electron chi connectivity index (χ0n) is 12.6. The van der Waals surface area contributed by atoms with Crippen LogP contribution in [-0.4, -0.2) is 20.0 Å². The van der Waals surface area contributed by atoms with Gasteiger partial charge in [-0.25, -0.2) is 8.42 Å². The van der Waals surface area contributed by atoms with Crippen LogP contribution in [0, 0.1) is 5.92 Å². The van der Waals surface area contributed by atoms with Crippen molar-refractivity contribution in [1.29, 1.82) is 0 Å². The summed E-state index contributed by atoms with van der Waals surface area (Å²) in [6.07, 6.45) is 2.85. The maximum Gasteiger partial charge on any atom is 0.178 e. The molecule has 0 N–H and O–H groups in total. The highest BCUT2D eigenvalue weighted by atomic mass is 32.2. The van der Waals surface area contributed by atoms with Gasteiger partial charge >= 0.3 is 0 Å². The van der Waals surface area contributed by atoms with Crippen molar-refractivity contribution in [1.82, 2.24) is 0 Å². The number of Topliss-reactive ketones (excluding diaryl/α,β-unsaturated/α-hetero) is 1. The van der Waals surface area contributed by atoms with Crippen LogP contribution >= 0.6 is 0 Å². The summed E-state index contributed by atoms with van der Waals surface area (Å²) in [7, 11) is -3.13. The van der Waals surface area contributed by atoms with Crippen molar-refractivity contribution in [2.75, 3.05) is 5.75 Å². The number of sulfone groups is 1. The van der Waals surface area contributed by atoms with E-state index in [-0.39, 0.29) is 17.5 Å². The lowest BCUT2D eigenvalue weighted by Gasteiger charge is -2.06. The van der Waals surface area contributed by atoms with Gasteiger partial charge in [-0.15, -0.1) is 0 Å². The molecule has 0 radical (unpaired) electrons. The molecule has 0 aliphatic heterocycles. The molecule has 4 heteroatoms. The molecule has 0 heterocycles. The summed E-state index contributed by atoms with van der Waals surface area (Å²) in [6, 6.07) is 7.04. The van der Waals surface area contributed by atoms with Gasteiger partial charge in [0.15, 0.2) is 9.84 Å². The van der Waals surface area contributed by atoms with Gasteiger partial charge < -0.3 is 0 Å². The Balaban J connectivity index is 2.57. The van der Waals surface area contributed by atoms with E-state index in [4.69, 9.17) is 0 Å². The summed E-state index contributed by atoms with van der Waals surface area (Å²) in [4.78, 5) is 11.9. The predicted molar refractivity (Wildman–Crippen MR) is 81.6 cm³/mol. The van der Waals surface area contributed by atoms with E-state index in [1.807, 2.05) is 32.9 Å². The van der Waals surface area contributed by atoms with E-state index in [0.717, 1.165) is 18.4 Å². The van der Waals surface area contributed by atoms with Crippen LogP contribution in [0.4, 0.5) is 0 Å². The lowest BCUT2D eigenvalue weighted by atomic mass is 10.0. The Labute approximate surface area is 122 Å². The standard InChI is InChI=1S/C16H24O3S/c1-4-12-20(18,19)15-10-8-14(9-11-15)6-5-7-16(17)13(2)3/h8-11,13H,4-7,12H2,1-3H3. The first-order valence-electron chi connectivity index (χ1n) is 7.21. The Morgan fingerprint density at radius 1 is 1.15 bits per heavy atom. The molecule has 0 saturated carbocycles. The second kappa shape index (κ2) is 7.58. The minimum atomic E-state index is -3.13. The van der Waals surface area contributed by atoms with Gasteiger partial charge in [-0.05, 0) is 37.0 Å². The summed E-state index contributed by atoms with van der Waals surface area (Å²) >= 11 is 0. The van der Waals surface area contributed by atoms with E-state index in [9.17, 15) is 13.2 Å². The van der Waals surface area contributed by atoms with Crippen molar-refractivity contribution in [3.63, 3.8) is 0 Å². The molecular formula is C16H24O3S. The van der Waals surface area contributed by atoms with Crippen LogP contribution in [-0.2, 0) is 21.1 Å².